The number of hydrogen-bond acceptors (Lipinski definition) is 1. The number of methoxy groups -OCH3 is 1. The van der Waals surface area contributed by atoms with E-state index in [2.05, 4.69) is 31.9 Å². The lowest BCUT2D eigenvalue weighted by Gasteiger charge is -2.05. The average molecular weight is 280 g/mol. The van der Waals surface area contributed by atoms with Gasteiger partial charge in [0.25, 0.3) is 0 Å². The fourth-order valence-corrected chi connectivity index (χ4v) is 1.94. The number of rotatable bonds is 1. The summed E-state index contributed by atoms with van der Waals surface area (Å²) in [7, 11) is 1.66. The highest BCUT2D eigenvalue weighted by Gasteiger charge is 2.02. The summed E-state index contributed by atoms with van der Waals surface area (Å²) in [5.41, 5.74) is 1.17. The SMILES string of the molecule is COc1cc(C)c(Br)cc1Br. The maximum atomic E-state index is 5.11. The van der Waals surface area contributed by atoms with Crippen LogP contribution in [-0.2, 0) is 0 Å². The highest BCUT2D eigenvalue weighted by molar-refractivity contribution is 9.11. The molecule has 0 atom stereocenters. The molecule has 0 saturated heterocycles. The Balaban J connectivity index is 3.21. The Morgan fingerprint density at radius 2 is 1.82 bits per heavy atom. The molecule has 0 amide bonds. The van der Waals surface area contributed by atoms with E-state index in [9.17, 15) is 0 Å². The van der Waals surface area contributed by atoms with Crippen molar-refractivity contribution in [1.29, 1.82) is 0 Å². The summed E-state index contributed by atoms with van der Waals surface area (Å²) in [6.45, 7) is 2.03. The van der Waals surface area contributed by atoms with Crippen LogP contribution in [0.4, 0.5) is 0 Å². The zero-order valence-corrected chi connectivity index (χ0v) is 9.49. The molecular formula is C8H8Br2O. The Hall–Kier alpha value is -0.0200. The minimum absolute atomic E-state index is 0.866. The van der Waals surface area contributed by atoms with Crippen LogP contribution in [-0.4, -0.2) is 7.11 Å². The van der Waals surface area contributed by atoms with Crippen molar-refractivity contribution >= 4 is 31.9 Å². The standard InChI is InChI=1S/C8H8Br2O/c1-5-3-8(11-2)7(10)4-6(5)9/h3-4H,1-2H3. The Labute approximate surface area is 83.0 Å². The molecule has 1 aromatic rings. The molecular weight excluding hydrogens is 272 g/mol. The topological polar surface area (TPSA) is 9.23 Å². The molecule has 1 rings (SSSR count). The van der Waals surface area contributed by atoms with Crippen LogP contribution in [0.25, 0.3) is 0 Å². The van der Waals surface area contributed by atoms with Gasteiger partial charge in [-0.3, -0.25) is 0 Å². The van der Waals surface area contributed by atoms with Crippen LogP contribution >= 0.6 is 31.9 Å². The van der Waals surface area contributed by atoms with Gasteiger partial charge in [-0.05, 0) is 40.5 Å². The summed E-state index contributed by atoms with van der Waals surface area (Å²) in [4.78, 5) is 0. The molecule has 0 spiro atoms. The third-order valence-electron chi connectivity index (χ3n) is 1.43. The first kappa shape index (κ1) is 9.07. The fourth-order valence-electron chi connectivity index (χ4n) is 0.787. The fraction of sp³-hybridized carbons (Fsp3) is 0.250. The predicted molar refractivity (Wildman–Crippen MR) is 53.1 cm³/mol. The van der Waals surface area contributed by atoms with Crippen molar-refractivity contribution < 1.29 is 4.74 Å². The Kier molecular flexibility index (Phi) is 2.96. The summed E-state index contributed by atoms with van der Waals surface area (Å²) in [5.74, 6) is 0.866. The van der Waals surface area contributed by atoms with Crippen molar-refractivity contribution in [3.63, 3.8) is 0 Å². The van der Waals surface area contributed by atoms with E-state index in [1.54, 1.807) is 7.11 Å². The van der Waals surface area contributed by atoms with Crippen LogP contribution < -0.4 is 4.74 Å². The largest absolute Gasteiger partial charge is 0.496 e. The summed E-state index contributed by atoms with van der Waals surface area (Å²) in [5, 5.41) is 0. The second kappa shape index (κ2) is 3.59. The van der Waals surface area contributed by atoms with E-state index in [0.29, 0.717) is 0 Å². The highest BCUT2D eigenvalue weighted by Crippen LogP contribution is 2.30. The first-order chi connectivity index (χ1) is 5.15. The second-order valence-corrected chi connectivity index (χ2v) is 3.94. The molecule has 0 N–H and O–H groups in total. The predicted octanol–water partition coefficient (Wildman–Crippen LogP) is 3.53. The summed E-state index contributed by atoms with van der Waals surface area (Å²) in [6.07, 6.45) is 0. The van der Waals surface area contributed by atoms with Gasteiger partial charge in [-0.15, -0.1) is 0 Å². The summed E-state index contributed by atoms with van der Waals surface area (Å²) >= 11 is 6.81. The van der Waals surface area contributed by atoms with Gasteiger partial charge in [0.2, 0.25) is 0 Å². The zero-order valence-electron chi connectivity index (χ0n) is 6.32. The van der Waals surface area contributed by atoms with Gasteiger partial charge in [0.1, 0.15) is 5.75 Å². The van der Waals surface area contributed by atoms with Gasteiger partial charge in [0, 0.05) is 4.47 Å². The third-order valence-corrected chi connectivity index (χ3v) is 2.91. The highest BCUT2D eigenvalue weighted by atomic mass is 79.9. The van der Waals surface area contributed by atoms with Gasteiger partial charge in [0.15, 0.2) is 0 Å². The van der Waals surface area contributed by atoms with Crippen molar-refractivity contribution in [3.05, 3.63) is 26.6 Å². The molecule has 0 saturated carbocycles. The van der Waals surface area contributed by atoms with Crippen LogP contribution in [0, 0.1) is 6.92 Å². The maximum absolute atomic E-state index is 5.11. The van der Waals surface area contributed by atoms with E-state index in [-0.39, 0.29) is 0 Å². The first-order valence-electron chi connectivity index (χ1n) is 3.15. The number of ether oxygens (including phenoxy) is 1. The first-order valence-corrected chi connectivity index (χ1v) is 4.73. The van der Waals surface area contributed by atoms with Gasteiger partial charge in [-0.1, -0.05) is 15.9 Å². The smallest absolute Gasteiger partial charge is 0.133 e. The normalized spacial score (nSPS) is 9.82. The van der Waals surface area contributed by atoms with Crippen LogP contribution in [0.5, 0.6) is 5.75 Å². The number of halogens is 2. The molecule has 0 radical (unpaired) electrons. The number of hydrogen-bond donors (Lipinski definition) is 0. The molecule has 0 aromatic heterocycles. The van der Waals surface area contributed by atoms with Crippen molar-refractivity contribution in [1.82, 2.24) is 0 Å². The van der Waals surface area contributed by atoms with Gasteiger partial charge < -0.3 is 4.74 Å². The van der Waals surface area contributed by atoms with E-state index >= 15 is 0 Å². The quantitative estimate of drug-likeness (QED) is 0.764. The second-order valence-electron chi connectivity index (χ2n) is 2.24. The van der Waals surface area contributed by atoms with Gasteiger partial charge in [-0.2, -0.15) is 0 Å². The molecule has 11 heavy (non-hydrogen) atoms. The minimum Gasteiger partial charge on any atom is -0.496 e. The van der Waals surface area contributed by atoms with Gasteiger partial charge in [0.05, 0.1) is 11.6 Å². The van der Waals surface area contributed by atoms with Crippen molar-refractivity contribution in [2.75, 3.05) is 7.11 Å². The molecule has 0 heterocycles. The molecule has 1 nitrogen and oxygen atoms in total. The Morgan fingerprint density at radius 3 is 2.36 bits per heavy atom. The molecule has 0 aliphatic heterocycles. The van der Waals surface area contributed by atoms with Crippen LogP contribution in [0.3, 0.4) is 0 Å². The molecule has 1 aromatic carbocycles. The van der Waals surface area contributed by atoms with Crippen LogP contribution in [0.15, 0.2) is 21.1 Å². The molecule has 60 valence electrons. The van der Waals surface area contributed by atoms with E-state index in [4.69, 9.17) is 4.74 Å². The molecule has 0 aliphatic carbocycles. The van der Waals surface area contributed by atoms with Crippen LogP contribution in [0.1, 0.15) is 5.56 Å². The minimum atomic E-state index is 0.866. The monoisotopic (exact) mass is 278 g/mol. The van der Waals surface area contributed by atoms with E-state index < -0.39 is 0 Å². The van der Waals surface area contributed by atoms with E-state index in [0.717, 1.165) is 14.7 Å². The summed E-state index contributed by atoms with van der Waals surface area (Å²) in [6, 6.07) is 3.96. The van der Waals surface area contributed by atoms with Gasteiger partial charge >= 0.3 is 0 Å². The third kappa shape index (κ3) is 1.97. The number of benzene rings is 1. The zero-order chi connectivity index (χ0) is 8.43. The Bertz CT molecular complexity index is 271. The van der Waals surface area contributed by atoms with E-state index in [1.165, 1.54) is 5.56 Å². The summed E-state index contributed by atoms with van der Waals surface area (Å²) < 4.78 is 7.17. The van der Waals surface area contributed by atoms with Crippen LogP contribution in [0.2, 0.25) is 0 Å². The lowest BCUT2D eigenvalue weighted by molar-refractivity contribution is 0.411. The lowest BCUT2D eigenvalue weighted by atomic mass is 10.2. The lowest BCUT2D eigenvalue weighted by Crippen LogP contribution is -1.85. The maximum Gasteiger partial charge on any atom is 0.133 e. The Morgan fingerprint density at radius 1 is 1.18 bits per heavy atom. The van der Waals surface area contributed by atoms with Crippen molar-refractivity contribution in [3.8, 4) is 5.75 Å². The molecule has 0 fully saturated rings. The molecule has 0 aliphatic rings. The van der Waals surface area contributed by atoms with Crippen molar-refractivity contribution in [2.45, 2.75) is 6.92 Å². The molecule has 0 bridgehead atoms. The average Bonchev–Trinajstić information content (AvgIpc) is 1.97. The number of aryl methyl sites for hydroxylation is 1. The van der Waals surface area contributed by atoms with E-state index in [1.807, 2.05) is 19.1 Å². The van der Waals surface area contributed by atoms with Gasteiger partial charge in [-0.25, -0.2) is 0 Å². The van der Waals surface area contributed by atoms with Crippen molar-refractivity contribution in [2.24, 2.45) is 0 Å². The molecule has 0 unspecified atom stereocenters. The molecule has 3 heteroatoms.